The normalized spacial score (nSPS) is 21.9. The minimum absolute atomic E-state index is 0.0390. The van der Waals surface area contributed by atoms with Gasteiger partial charge in [0.1, 0.15) is 11.6 Å². The number of amides is 2. The van der Waals surface area contributed by atoms with Crippen LogP contribution in [0.2, 0.25) is 0 Å². The SMILES string of the molecule is Cc1ccc(CN2C(=O)C(C)(C)NC(=O)C2C)cc1C. The summed E-state index contributed by atoms with van der Waals surface area (Å²) in [6.45, 7) is 9.84. The van der Waals surface area contributed by atoms with Crippen molar-refractivity contribution >= 4 is 11.8 Å². The Balaban J connectivity index is 2.27. The van der Waals surface area contributed by atoms with E-state index >= 15 is 0 Å². The van der Waals surface area contributed by atoms with Gasteiger partial charge in [0, 0.05) is 6.54 Å². The lowest BCUT2D eigenvalue weighted by Gasteiger charge is -2.41. The molecule has 2 rings (SSSR count). The van der Waals surface area contributed by atoms with E-state index in [0.717, 1.165) is 5.56 Å². The van der Waals surface area contributed by atoms with Gasteiger partial charge in [0.15, 0.2) is 0 Å². The van der Waals surface area contributed by atoms with Crippen LogP contribution in [0.1, 0.15) is 37.5 Å². The second kappa shape index (κ2) is 4.93. The Morgan fingerprint density at radius 3 is 2.45 bits per heavy atom. The second-order valence-electron chi connectivity index (χ2n) is 6.14. The van der Waals surface area contributed by atoms with Gasteiger partial charge in [0.05, 0.1) is 0 Å². The summed E-state index contributed by atoms with van der Waals surface area (Å²) in [5.41, 5.74) is 2.65. The van der Waals surface area contributed by atoms with E-state index < -0.39 is 11.6 Å². The molecule has 1 atom stereocenters. The van der Waals surface area contributed by atoms with Crippen LogP contribution in [0.3, 0.4) is 0 Å². The maximum absolute atomic E-state index is 12.5. The maximum Gasteiger partial charge on any atom is 0.248 e. The van der Waals surface area contributed by atoms with Gasteiger partial charge in [-0.25, -0.2) is 0 Å². The lowest BCUT2D eigenvalue weighted by Crippen LogP contribution is -2.66. The molecule has 4 heteroatoms. The average molecular weight is 274 g/mol. The van der Waals surface area contributed by atoms with Crippen LogP contribution in [-0.2, 0) is 16.1 Å². The number of rotatable bonds is 2. The molecule has 4 nitrogen and oxygen atoms in total. The van der Waals surface area contributed by atoms with Crippen LogP contribution in [0, 0.1) is 13.8 Å². The van der Waals surface area contributed by atoms with E-state index in [9.17, 15) is 9.59 Å². The molecule has 1 aromatic rings. The highest BCUT2D eigenvalue weighted by atomic mass is 16.2. The third kappa shape index (κ3) is 2.55. The monoisotopic (exact) mass is 274 g/mol. The fraction of sp³-hybridized carbons (Fsp3) is 0.500. The molecule has 0 bridgehead atoms. The molecule has 1 fully saturated rings. The molecule has 0 aromatic heterocycles. The molecule has 1 aliphatic rings. The molecular weight excluding hydrogens is 252 g/mol. The van der Waals surface area contributed by atoms with E-state index in [0.29, 0.717) is 6.54 Å². The number of nitrogens with zero attached hydrogens (tertiary/aromatic N) is 1. The lowest BCUT2D eigenvalue weighted by atomic mass is 9.96. The molecule has 20 heavy (non-hydrogen) atoms. The molecule has 0 spiro atoms. The summed E-state index contributed by atoms with van der Waals surface area (Å²) < 4.78 is 0. The number of carbonyl (C=O) groups is 2. The van der Waals surface area contributed by atoms with Gasteiger partial charge < -0.3 is 10.2 Å². The molecule has 0 radical (unpaired) electrons. The van der Waals surface area contributed by atoms with Crippen molar-refractivity contribution in [3.05, 3.63) is 34.9 Å². The Morgan fingerprint density at radius 1 is 1.20 bits per heavy atom. The highest BCUT2D eigenvalue weighted by Crippen LogP contribution is 2.21. The van der Waals surface area contributed by atoms with E-state index in [1.165, 1.54) is 11.1 Å². The van der Waals surface area contributed by atoms with Gasteiger partial charge in [0.2, 0.25) is 11.8 Å². The molecule has 108 valence electrons. The average Bonchev–Trinajstić information content (AvgIpc) is 2.36. The van der Waals surface area contributed by atoms with Crippen LogP contribution < -0.4 is 5.32 Å². The zero-order valence-corrected chi connectivity index (χ0v) is 12.8. The van der Waals surface area contributed by atoms with Crippen molar-refractivity contribution in [1.29, 1.82) is 0 Å². The van der Waals surface area contributed by atoms with E-state index in [1.54, 1.807) is 25.7 Å². The van der Waals surface area contributed by atoms with Crippen molar-refractivity contribution in [2.45, 2.75) is 52.7 Å². The molecule has 2 amide bonds. The van der Waals surface area contributed by atoms with E-state index in [-0.39, 0.29) is 11.8 Å². The van der Waals surface area contributed by atoms with E-state index in [1.807, 2.05) is 6.07 Å². The minimum atomic E-state index is -0.830. The number of piperazine rings is 1. The predicted octanol–water partition coefficient (Wildman–Crippen LogP) is 1.93. The van der Waals surface area contributed by atoms with Crippen molar-refractivity contribution in [3.63, 3.8) is 0 Å². The first-order valence-electron chi connectivity index (χ1n) is 6.91. The van der Waals surface area contributed by atoms with Crippen molar-refractivity contribution in [1.82, 2.24) is 10.2 Å². The fourth-order valence-electron chi connectivity index (χ4n) is 2.45. The highest BCUT2D eigenvalue weighted by molar-refractivity contribution is 5.99. The molecule has 1 aromatic carbocycles. The summed E-state index contributed by atoms with van der Waals surface area (Å²) in [6, 6.07) is 5.71. The Labute approximate surface area is 120 Å². The summed E-state index contributed by atoms with van der Waals surface area (Å²) >= 11 is 0. The predicted molar refractivity (Wildman–Crippen MR) is 78.1 cm³/mol. The summed E-state index contributed by atoms with van der Waals surface area (Å²) in [6.07, 6.45) is 0. The van der Waals surface area contributed by atoms with Crippen LogP contribution in [0.25, 0.3) is 0 Å². The summed E-state index contributed by atoms with van der Waals surface area (Å²) in [5.74, 6) is -0.138. The quantitative estimate of drug-likeness (QED) is 0.896. The third-order valence-electron chi connectivity index (χ3n) is 4.00. The third-order valence-corrected chi connectivity index (χ3v) is 4.00. The lowest BCUT2D eigenvalue weighted by molar-refractivity contribution is -0.153. The first-order valence-corrected chi connectivity index (χ1v) is 6.91. The van der Waals surface area contributed by atoms with Gasteiger partial charge in [-0.15, -0.1) is 0 Å². The topological polar surface area (TPSA) is 49.4 Å². The van der Waals surface area contributed by atoms with Crippen LogP contribution in [0.4, 0.5) is 0 Å². The number of benzene rings is 1. The molecule has 1 heterocycles. The van der Waals surface area contributed by atoms with E-state index in [2.05, 4.69) is 31.3 Å². The molecule has 1 N–H and O–H groups in total. The van der Waals surface area contributed by atoms with Gasteiger partial charge >= 0.3 is 0 Å². The van der Waals surface area contributed by atoms with Gasteiger partial charge in [0.25, 0.3) is 0 Å². The van der Waals surface area contributed by atoms with Gasteiger partial charge in [-0.2, -0.15) is 0 Å². The summed E-state index contributed by atoms with van der Waals surface area (Å²) in [7, 11) is 0. The zero-order chi connectivity index (χ0) is 15.1. The Morgan fingerprint density at radius 2 is 1.85 bits per heavy atom. The second-order valence-corrected chi connectivity index (χ2v) is 6.14. The maximum atomic E-state index is 12.5. The number of carbonyl (C=O) groups excluding carboxylic acids is 2. The molecule has 1 aliphatic heterocycles. The van der Waals surface area contributed by atoms with Crippen LogP contribution in [-0.4, -0.2) is 28.3 Å². The Bertz CT molecular complexity index is 564. The van der Waals surface area contributed by atoms with Crippen molar-refractivity contribution in [2.24, 2.45) is 0 Å². The fourth-order valence-corrected chi connectivity index (χ4v) is 2.45. The van der Waals surface area contributed by atoms with Gasteiger partial charge in [-0.1, -0.05) is 18.2 Å². The van der Waals surface area contributed by atoms with E-state index in [4.69, 9.17) is 0 Å². The van der Waals surface area contributed by atoms with Crippen molar-refractivity contribution < 1.29 is 9.59 Å². The number of hydrogen-bond donors (Lipinski definition) is 1. The first-order chi connectivity index (χ1) is 9.22. The standard InChI is InChI=1S/C16H22N2O2/c1-10-6-7-13(8-11(10)2)9-18-12(3)14(19)17-16(4,5)15(18)20/h6-8,12H,9H2,1-5H3,(H,17,19). The van der Waals surface area contributed by atoms with Crippen molar-refractivity contribution in [3.8, 4) is 0 Å². The van der Waals surface area contributed by atoms with Crippen molar-refractivity contribution in [2.75, 3.05) is 0 Å². The Hall–Kier alpha value is -1.84. The van der Waals surface area contributed by atoms with Gasteiger partial charge in [-0.3, -0.25) is 9.59 Å². The van der Waals surface area contributed by atoms with Gasteiger partial charge in [-0.05, 0) is 51.3 Å². The molecular formula is C16H22N2O2. The van der Waals surface area contributed by atoms with Crippen LogP contribution in [0.5, 0.6) is 0 Å². The molecule has 0 aliphatic carbocycles. The number of aryl methyl sites for hydroxylation is 2. The van der Waals surface area contributed by atoms with Crippen LogP contribution in [0.15, 0.2) is 18.2 Å². The summed E-state index contributed by atoms with van der Waals surface area (Å²) in [4.78, 5) is 26.1. The minimum Gasteiger partial charge on any atom is -0.340 e. The molecule has 1 unspecified atom stereocenters. The zero-order valence-electron chi connectivity index (χ0n) is 12.8. The highest BCUT2D eigenvalue weighted by Gasteiger charge is 2.43. The number of nitrogens with one attached hydrogen (secondary N) is 1. The van der Waals surface area contributed by atoms with Crippen LogP contribution >= 0.6 is 0 Å². The number of hydrogen-bond acceptors (Lipinski definition) is 2. The largest absolute Gasteiger partial charge is 0.340 e. The smallest absolute Gasteiger partial charge is 0.248 e. The molecule has 1 saturated heterocycles. The first kappa shape index (κ1) is 14.6. The Kier molecular flexibility index (Phi) is 3.59. The summed E-state index contributed by atoms with van der Waals surface area (Å²) in [5, 5.41) is 2.76. The molecule has 0 saturated carbocycles.